The average molecular weight is 287 g/mol. The van der Waals surface area contributed by atoms with Gasteiger partial charge in [-0.15, -0.1) is 11.3 Å². The van der Waals surface area contributed by atoms with Gasteiger partial charge in [-0.3, -0.25) is 0 Å². The molecular weight excluding hydrogens is 262 g/mol. The summed E-state index contributed by atoms with van der Waals surface area (Å²) in [6.45, 7) is 8.42. The van der Waals surface area contributed by atoms with Crippen molar-refractivity contribution < 1.29 is 14.2 Å². The van der Waals surface area contributed by atoms with E-state index in [2.05, 4.69) is 31.3 Å². The van der Waals surface area contributed by atoms with Crippen LogP contribution in [0.15, 0.2) is 12.1 Å². The third kappa shape index (κ3) is 8.34. The van der Waals surface area contributed by atoms with Gasteiger partial charge in [-0.25, -0.2) is 0 Å². The van der Waals surface area contributed by atoms with Crippen molar-refractivity contribution in [2.75, 3.05) is 33.5 Å². The molecule has 1 aromatic heterocycles. The van der Waals surface area contributed by atoms with Crippen LogP contribution in [-0.2, 0) is 27.4 Å². The zero-order valence-corrected chi connectivity index (χ0v) is 12.9. The smallest absolute Gasteiger partial charge is 0.0810 e. The van der Waals surface area contributed by atoms with E-state index in [-0.39, 0.29) is 0 Å². The summed E-state index contributed by atoms with van der Waals surface area (Å²) >= 11 is 1.80. The largest absolute Gasteiger partial charge is 0.382 e. The van der Waals surface area contributed by atoms with Crippen molar-refractivity contribution in [3.8, 4) is 0 Å². The first kappa shape index (κ1) is 16.6. The van der Waals surface area contributed by atoms with Crippen LogP contribution >= 0.6 is 11.3 Å². The Bertz CT molecular complexity index is 328. The van der Waals surface area contributed by atoms with E-state index in [0.29, 0.717) is 39.1 Å². The molecule has 5 heteroatoms. The monoisotopic (exact) mass is 287 g/mol. The van der Waals surface area contributed by atoms with Crippen molar-refractivity contribution in [1.82, 2.24) is 5.32 Å². The van der Waals surface area contributed by atoms with Gasteiger partial charge in [0.1, 0.15) is 0 Å². The van der Waals surface area contributed by atoms with Crippen molar-refractivity contribution in [3.05, 3.63) is 21.9 Å². The first-order valence-electron chi connectivity index (χ1n) is 6.67. The predicted octanol–water partition coefficient (Wildman–Crippen LogP) is 2.43. The second-order valence-electron chi connectivity index (χ2n) is 4.56. The van der Waals surface area contributed by atoms with Crippen LogP contribution in [0.1, 0.15) is 23.6 Å². The molecule has 0 radical (unpaired) electrons. The van der Waals surface area contributed by atoms with Crippen molar-refractivity contribution in [3.63, 3.8) is 0 Å². The quantitative estimate of drug-likeness (QED) is 0.635. The minimum Gasteiger partial charge on any atom is -0.382 e. The van der Waals surface area contributed by atoms with E-state index in [9.17, 15) is 0 Å². The van der Waals surface area contributed by atoms with Gasteiger partial charge in [-0.2, -0.15) is 0 Å². The van der Waals surface area contributed by atoms with Crippen molar-refractivity contribution in [2.45, 2.75) is 33.0 Å². The standard InChI is InChI=1S/C14H25NO3S/c1-12(2)15-10-13-4-5-14(19-13)11-18-9-8-17-7-6-16-3/h4-5,12,15H,6-11H2,1-3H3. The van der Waals surface area contributed by atoms with E-state index < -0.39 is 0 Å². The molecule has 1 N–H and O–H groups in total. The number of hydrogen-bond donors (Lipinski definition) is 1. The molecule has 0 bridgehead atoms. The summed E-state index contributed by atoms with van der Waals surface area (Å²) in [5.74, 6) is 0. The van der Waals surface area contributed by atoms with E-state index in [4.69, 9.17) is 14.2 Å². The summed E-state index contributed by atoms with van der Waals surface area (Å²) < 4.78 is 15.8. The molecule has 0 fully saturated rings. The Kier molecular flexibility index (Phi) is 9.03. The molecule has 110 valence electrons. The molecule has 0 atom stereocenters. The Morgan fingerprint density at radius 1 is 1.05 bits per heavy atom. The Morgan fingerprint density at radius 3 is 2.47 bits per heavy atom. The molecule has 0 aliphatic rings. The highest BCUT2D eigenvalue weighted by Crippen LogP contribution is 2.17. The molecule has 4 nitrogen and oxygen atoms in total. The van der Waals surface area contributed by atoms with Gasteiger partial charge >= 0.3 is 0 Å². The highest BCUT2D eigenvalue weighted by Gasteiger charge is 2.01. The number of nitrogens with one attached hydrogen (secondary N) is 1. The summed E-state index contributed by atoms with van der Waals surface area (Å²) in [7, 11) is 1.67. The molecule has 0 amide bonds. The lowest BCUT2D eigenvalue weighted by molar-refractivity contribution is 0.0205. The maximum Gasteiger partial charge on any atom is 0.0810 e. The fourth-order valence-corrected chi connectivity index (χ4v) is 2.34. The van der Waals surface area contributed by atoms with E-state index in [1.165, 1.54) is 9.75 Å². The molecule has 0 aliphatic carbocycles. The summed E-state index contributed by atoms with van der Waals surface area (Å²) in [5.41, 5.74) is 0. The molecule has 1 heterocycles. The first-order chi connectivity index (χ1) is 9.22. The lowest BCUT2D eigenvalue weighted by Crippen LogP contribution is -2.21. The molecule has 0 aliphatic heterocycles. The minimum absolute atomic E-state index is 0.519. The van der Waals surface area contributed by atoms with Gasteiger partial charge in [0.25, 0.3) is 0 Å². The van der Waals surface area contributed by atoms with E-state index in [0.717, 1.165) is 6.54 Å². The maximum absolute atomic E-state index is 5.56. The number of thiophene rings is 1. The number of rotatable bonds is 11. The fourth-order valence-electron chi connectivity index (χ4n) is 1.43. The van der Waals surface area contributed by atoms with Crippen LogP contribution in [0.4, 0.5) is 0 Å². The molecule has 0 unspecified atom stereocenters. The molecule has 1 aromatic rings. The summed E-state index contributed by atoms with van der Waals surface area (Å²) in [4.78, 5) is 2.61. The molecule has 0 saturated heterocycles. The zero-order valence-electron chi connectivity index (χ0n) is 12.1. The Balaban J connectivity index is 2.06. The van der Waals surface area contributed by atoms with Crippen molar-refractivity contribution in [2.24, 2.45) is 0 Å². The average Bonchev–Trinajstić information content (AvgIpc) is 2.83. The molecule has 0 aromatic carbocycles. The molecule has 0 spiro atoms. The third-order valence-corrected chi connectivity index (χ3v) is 3.51. The third-order valence-electron chi connectivity index (χ3n) is 2.45. The normalized spacial score (nSPS) is 11.4. The number of ether oxygens (including phenoxy) is 3. The van der Waals surface area contributed by atoms with Crippen LogP contribution in [0.3, 0.4) is 0 Å². The van der Waals surface area contributed by atoms with Crippen LogP contribution in [0.2, 0.25) is 0 Å². The lowest BCUT2D eigenvalue weighted by Gasteiger charge is -2.05. The van der Waals surface area contributed by atoms with Gasteiger partial charge in [0, 0.05) is 29.5 Å². The Hall–Kier alpha value is -0.460. The van der Waals surface area contributed by atoms with Gasteiger partial charge < -0.3 is 19.5 Å². The van der Waals surface area contributed by atoms with Crippen LogP contribution in [0.5, 0.6) is 0 Å². The van der Waals surface area contributed by atoms with Gasteiger partial charge in [0.2, 0.25) is 0 Å². The second-order valence-corrected chi connectivity index (χ2v) is 5.81. The van der Waals surface area contributed by atoms with Gasteiger partial charge in [-0.05, 0) is 12.1 Å². The van der Waals surface area contributed by atoms with Crippen LogP contribution in [-0.4, -0.2) is 39.6 Å². The first-order valence-corrected chi connectivity index (χ1v) is 7.49. The van der Waals surface area contributed by atoms with E-state index in [1.54, 1.807) is 18.4 Å². The summed E-state index contributed by atoms with van der Waals surface area (Å²) in [6, 6.07) is 4.81. The van der Waals surface area contributed by atoms with Crippen LogP contribution < -0.4 is 5.32 Å². The van der Waals surface area contributed by atoms with Gasteiger partial charge in [-0.1, -0.05) is 13.8 Å². The molecule has 1 rings (SSSR count). The topological polar surface area (TPSA) is 39.7 Å². The van der Waals surface area contributed by atoms with Gasteiger partial charge in [0.15, 0.2) is 0 Å². The highest BCUT2D eigenvalue weighted by molar-refractivity contribution is 7.11. The maximum atomic E-state index is 5.56. The zero-order chi connectivity index (χ0) is 13.9. The SMILES string of the molecule is COCCOCCOCc1ccc(CNC(C)C)s1. The Labute approximate surface area is 120 Å². The van der Waals surface area contributed by atoms with Gasteiger partial charge in [0.05, 0.1) is 33.0 Å². The predicted molar refractivity (Wildman–Crippen MR) is 78.6 cm³/mol. The highest BCUT2D eigenvalue weighted by atomic mass is 32.1. The van der Waals surface area contributed by atoms with E-state index >= 15 is 0 Å². The lowest BCUT2D eigenvalue weighted by atomic mass is 10.3. The van der Waals surface area contributed by atoms with Crippen LogP contribution in [0, 0.1) is 0 Å². The Morgan fingerprint density at radius 2 is 1.74 bits per heavy atom. The van der Waals surface area contributed by atoms with Crippen LogP contribution in [0.25, 0.3) is 0 Å². The summed E-state index contributed by atoms with van der Waals surface area (Å²) in [6.07, 6.45) is 0. The van der Waals surface area contributed by atoms with Crippen molar-refractivity contribution in [1.29, 1.82) is 0 Å². The number of hydrogen-bond acceptors (Lipinski definition) is 5. The minimum atomic E-state index is 0.519. The summed E-state index contributed by atoms with van der Waals surface area (Å²) in [5, 5.41) is 3.41. The molecule has 19 heavy (non-hydrogen) atoms. The van der Waals surface area contributed by atoms with E-state index in [1.807, 2.05) is 0 Å². The fraction of sp³-hybridized carbons (Fsp3) is 0.714. The number of methoxy groups -OCH3 is 1. The van der Waals surface area contributed by atoms with Crippen molar-refractivity contribution >= 4 is 11.3 Å². The second kappa shape index (κ2) is 10.3. The molecular formula is C14H25NO3S. The molecule has 0 saturated carbocycles.